The largest absolute Gasteiger partial charge is 0.431 e. The van der Waals surface area contributed by atoms with Crippen LogP contribution in [0.1, 0.15) is 5.69 Å². The fourth-order valence-corrected chi connectivity index (χ4v) is 1.73. The molecule has 1 aromatic heterocycles. The molecule has 0 amide bonds. The number of hydrogen-bond acceptors (Lipinski definition) is 4. The van der Waals surface area contributed by atoms with E-state index in [1.54, 1.807) is 12.1 Å². The van der Waals surface area contributed by atoms with Gasteiger partial charge in [0, 0.05) is 0 Å². The molecule has 2 rings (SSSR count). The van der Waals surface area contributed by atoms with E-state index in [-0.39, 0.29) is 18.2 Å². The first-order chi connectivity index (χ1) is 7.15. The van der Waals surface area contributed by atoms with Crippen molar-refractivity contribution < 1.29 is 9.13 Å². The number of ether oxygens (including phenoxy) is 1. The summed E-state index contributed by atoms with van der Waals surface area (Å²) in [6.07, 6.45) is 0. The van der Waals surface area contributed by atoms with Crippen molar-refractivity contribution in [3.63, 3.8) is 0 Å². The van der Waals surface area contributed by atoms with E-state index in [1.807, 2.05) is 6.92 Å². The fraction of sp³-hybridized carbons (Fsp3) is 0.100. The molecule has 0 fully saturated rings. The topological polar surface area (TPSA) is 48.1 Å². The van der Waals surface area contributed by atoms with E-state index in [0.717, 1.165) is 5.69 Å². The Bertz CT molecular complexity index is 453. The van der Waals surface area contributed by atoms with E-state index in [0.29, 0.717) is 15.9 Å². The van der Waals surface area contributed by atoms with Crippen molar-refractivity contribution >= 4 is 28.7 Å². The predicted octanol–water partition coefficient (Wildman–Crippen LogP) is 3.39. The number of aryl methyl sites for hydroxylation is 1. The van der Waals surface area contributed by atoms with Crippen LogP contribution < -0.4 is 10.5 Å². The van der Waals surface area contributed by atoms with Crippen molar-refractivity contribution in [1.29, 1.82) is 0 Å². The zero-order valence-electron chi connectivity index (χ0n) is 8.44. The molecule has 1 aromatic carbocycles. The summed E-state index contributed by atoms with van der Waals surface area (Å²) in [5, 5.41) is 1.10. The van der Waals surface area contributed by atoms with Crippen LogP contribution in [0.5, 0.6) is 10.9 Å². The number of nitrogens with two attached hydrogens (primary N) is 1. The average molecular weight is 261 g/mol. The summed E-state index contributed by atoms with van der Waals surface area (Å²) in [7, 11) is 0. The highest BCUT2D eigenvalue weighted by atomic mass is 35.5. The molecule has 16 heavy (non-hydrogen) atoms. The minimum atomic E-state index is -0.294. The minimum Gasteiger partial charge on any atom is -0.431 e. The van der Waals surface area contributed by atoms with Gasteiger partial charge in [-0.3, -0.25) is 0 Å². The number of halogens is 2. The summed E-state index contributed by atoms with van der Waals surface area (Å²) in [5.41, 5.74) is 6.38. The smallest absolute Gasteiger partial charge is 0.280 e. The maximum absolute atomic E-state index is 12.6. The van der Waals surface area contributed by atoms with Crippen LogP contribution in [0, 0.1) is 12.7 Å². The maximum atomic E-state index is 12.6. The van der Waals surface area contributed by atoms with Gasteiger partial charge in [0.05, 0.1) is 5.69 Å². The van der Waals surface area contributed by atoms with Gasteiger partial charge >= 0.3 is 0 Å². The fourth-order valence-electron chi connectivity index (χ4n) is 1.03. The van der Waals surface area contributed by atoms with E-state index in [1.165, 1.54) is 23.5 Å². The molecular weight excluding hydrogens is 251 g/mol. The van der Waals surface area contributed by atoms with E-state index < -0.39 is 0 Å². The second kappa shape index (κ2) is 5.14. The lowest BCUT2D eigenvalue weighted by Crippen LogP contribution is -1.84. The highest BCUT2D eigenvalue weighted by Gasteiger charge is 2.06. The molecule has 0 aliphatic heterocycles. The predicted molar refractivity (Wildman–Crippen MR) is 65.0 cm³/mol. The molecule has 6 heteroatoms. The van der Waals surface area contributed by atoms with Gasteiger partial charge in [-0.25, -0.2) is 9.37 Å². The van der Waals surface area contributed by atoms with Gasteiger partial charge in [-0.15, -0.1) is 12.4 Å². The molecule has 0 saturated carbocycles. The summed E-state index contributed by atoms with van der Waals surface area (Å²) in [5.74, 6) is 0.252. The molecule has 0 aliphatic rings. The van der Waals surface area contributed by atoms with Crippen LogP contribution in [0.15, 0.2) is 24.3 Å². The molecule has 0 radical (unpaired) electrons. The first-order valence-corrected chi connectivity index (χ1v) is 5.13. The van der Waals surface area contributed by atoms with E-state index >= 15 is 0 Å². The molecular formula is C10H10ClFN2OS. The van der Waals surface area contributed by atoms with Gasteiger partial charge in [0.2, 0.25) is 0 Å². The molecule has 0 bridgehead atoms. The Labute approximate surface area is 102 Å². The minimum absolute atomic E-state index is 0. The molecule has 86 valence electrons. The van der Waals surface area contributed by atoms with Crippen molar-refractivity contribution in [2.45, 2.75) is 6.92 Å². The van der Waals surface area contributed by atoms with Crippen LogP contribution in [-0.2, 0) is 0 Å². The van der Waals surface area contributed by atoms with Crippen molar-refractivity contribution in [3.05, 3.63) is 35.8 Å². The van der Waals surface area contributed by atoms with Crippen molar-refractivity contribution in [1.82, 2.24) is 4.98 Å². The van der Waals surface area contributed by atoms with Crippen molar-refractivity contribution in [2.75, 3.05) is 5.73 Å². The number of aromatic nitrogens is 1. The summed E-state index contributed by atoms with van der Waals surface area (Å²) in [6, 6.07) is 5.75. The van der Waals surface area contributed by atoms with Crippen LogP contribution in [0.2, 0.25) is 0 Å². The van der Waals surface area contributed by atoms with Crippen LogP contribution in [0.4, 0.5) is 9.39 Å². The van der Waals surface area contributed by atoms with Crippen molar-refractivity contribution in [3.8, 4) is 10.9 Å². The summed E-state index contributed by atoms with van der Waals surface area (Å²) < 4.78 is 18.0. The van der Waals surface area contributed by atoms with Gasteiger partial charge in [0.15, 0.2) is 0 Å². The zero-order chi connectivity index (χ0) is 10.8. The average Bonchev–Trinajstić information content (AvgIpc) is 2.50. The molecule has 2 N–H and O–H groups in total. The standard InChI is InChI=1S/C10H9FN2OS.ClH/c1-6-9(12)15-10(13-6)14-8-4-2-7(11)3-5-8;/h2-5H,12H2,1H3;1H. The van der Waals surface area contributed by atoms with Gasteiger partial charge in [-0.2, -0.15) is 0 Å². The Hall–Kier alpha value is -1.33. The first kappa shape index (κ1) is 12.7. The number of benzene rings is 1. The summed E-state index contributed by atoms with van der Waals surface area (Å²) in [6.45, 7) is 1.81. The third-order valence-electron chi connectivity index (χ3n) is 1.83. The van der Waals surface area contributed by atoms with Crippen LogP contribution >= 0.6 is 23.7 Å². The second-order valence-corrected chi connectivity index (χ2v) is 3.98. The lowest BCUT2D eigenvalue weighted by molar-refractivity contribution is 0.476. The molecule has 0 atom stereocenters. The lowest BCUT2D eigenvalue weighted by Gasteiger charge is -1.99. The maximum Gasteiger partial charge on any atom is 0.280 e. The number of thiazole rings is 1. The summed E-state index contributed by atoms with van der Waals surface area (Å²) in [4.78, 5) is 4.11. The second-order valence-electron chi connectivity index (χ2n) is 2.99. The number of hydrogen-bond donors (Lipinski definition) is 1. The van der Waals surface area contributed by atoms with Gasteiger partial charge in [0.1, 0.15) is 16.6 Å². The SMILES string of the molecule is Cc1nc(Oc2ccc(F)cc2)sc1N.Cl. The van der Waals surface area contributed by atoms with Crippen LogP contribution in [0.3, 0.4) is 0 Å². The highest BCUT2D eigenvalue weighted by Crippen LogP contribution is 2.30. The lowest BCUT2D eigenvalue weighted by atomic mass is 10.3. The third-order valence-corrected chi connectivity index (χ3v) is 2.70. The molecule has 3 nitrogen and oxygen atoms in total. The van der Waals surface area contributed by atoms with Gasteiger partial charge < -0.3 is 10.5 Å². The van der Waals surface area contributed by atoms with E-state index in [4.69, 9.17) is 10.5 Å². The van der Waals surface area contributed by atoms with E-state index in [2.05, 4.69) is 4.98 Å². The molecule has 0 aliphatic carbocycles. The van der Waals surface area contributed by atoms with Crippen LogP contribution in [-0.4, -0.2) is 4.98 Å². The highest BCUT2D eigenvalue weighted by molar-refractivity contribution is 7.17. The first-order valence-electron chi connectivity index (χ1n) is 4.31. The Balaban J connectivity index is 0.00000128. The number of nitrogens with zero attached hydrogens (tertiary/aromatic N) is 1. The normalized spacial score (nSPS) is 9.62. The molecule has 2 aromatic rings. The number of anilines is 1. The Morgan fingerprint density at radius 1 is 1.31 bits per heavy atom. The molecule has 1 heterocycles. The quantitative estimate of drug-likeness (QED) is 0.900. The number of rotatable bonds is 2. The summed E-state index contributed by atoms with van der Waals surface area (Å²) >= 11 is 1.26. The zero-order valence-corrected chi connectivity index (χ0v) is 10.1. The Morgan fingerprint density at radius 3 is 2.44 bits per heavy atom. The monoisotopic (exact) mass is 260 g/mol. The molecule has 0 saturated heterocycles. The van der Waals surface area contributed by atoms with Gasteiger partial charge in [-0.1, -0.05) is 11.3 Å². The molecule has 0 spiro atoms. The van der Waals surface area contributed by atoms with Gasteiger partial charge in [-0.05, 0) is 31.2 Å². The molecule has 0 unspecified atom stereocenters. The van der Waals surface area contributed by atoms with Gasteiger partial charge in [0.25, 0.3) is 5.19 Å². The van der Waals surface area contributed by atoms with Crippen LogP contribution in [0.25, 0.3) is 0 Å². The third kappa shape index (κ3) is 2.84. The Morgan fingerprint density at radius 2 is 1.94 bits per heavy atom. The Kier molecular flexibility index (Phi) is 4.09. The van der Waals surface area contributed by atoms with Crippen molar-refractivity contribution in [2.24, 2.45) is 0 Å². The van der Waals surface area contributed by atoms with E-state index in [9.17, 15) is 4.39 Å². The number of nitrogen functional groups attached to an aromatic ring is 1.